The first kappa shape index (κ1) is 20.6. The molecule has 1 heterocycles. The van der Waals surface area contributed by atoms with Crippen molar-refractivity contribution < 1.29 is 8.42 Å². The molecule has 0 saturated carbocycles. The lowest BCUT2D eigenvalue weighted by atomic mass is 10.1. The molecule has 0 aliphatic rings. The molecule has 0 saturated heterocycles. The Hall–Kier alpha value is -2.16. The molecule has 3 aromatic rings. The van der Waals surface area contributed by atoms with E-state index in [-0.39, 0.29) is 11.3 Å². The summed E-state index contributed by atoms with van der Waals surface area (Å²) in [6.07, 6.45) is 0.462. The summed E-state index contributed by atoms with van der Waals surface area (Å²) in [5.74, 6) is 0.578. The summed E-state index contributed by atoms with van der Waals surface area (Å²) in [4.78, 5) is 17.9. The number of fused-ring (bicyclic) bond motifs is 1. The Morgan fingerprint density at radius 3 is 2.46 bits per heavy atom. The third-order valence-electron chi connectivity index (χ3n) is 4.31. The molecule has 0 aliphatic carbocycles. The number of aromatic nitrogens is 2. The molecule has 2 aromatic carbocycles. The fraction of sp³-hybridized carbons (Fsp3) is 0.300. The summed E-state index contributed by atoms with van der Waals surface area (Å²) < 4.78 is 27.2. The van der Waals surface area contributed by atoms with Crippen molar-refractivity contribution in [1.29, 1.82) is 0 Å². The van der Waals surface area contributed by atoms with Crippen LogP contribution in [0.1, 0.15) is 17.5 Å². The summed E-state index contributed by atoms with van der Waals surface area (Å²) in [7, 11) is -1.83. The molecule has 28 heavy (non-hydrogen) atoms. The number of sulfonamides is 1. The maximum absolute atomic E-state index is 13.2. The Morgan fingerprint density at radius 1 is 1.11 bits per heavy atom. The number of para-hydroxylation sites is 1. The zero-order valence-corrected chi connectivity index (χ0v) is 17.7. The van der Waals surface area contributed by atoms with Gasteiger partial charge in [0, 0.05) is 5.75 Å². The normalized spacial score (nSPS) is 11.8. The van der Waals surface area contributed by atoms with Gasteiger partial charge in [-0.2, -0.15) is 0 Å². The minimum Gasteiger partial charge on any atom is -0.268 e. The van der Waals surface area contributed by atoms with Crippen LogP contribution >= 0.6 is 11.8 Å². The van der Waals surface area contributed by atoms with Crippen LogP contribution in [0.4, 0.5) is 0 Å². The predicted molar refractivity (Wildman–Crippen MR) is 115 cm³/mol. The Labute approximate surface area is 169 Å². The predicted octanol–water partition coefficient (Wildman–Crippen LogP) is 3.03. The van der Waals surface area contributed by atoms with E-state index in [2.05, 4.69) is 15.8 Å². The number of hydrogen-bond acceptors (Lipinski definition) is 5. The van der Waals surface area contributed by atoms with E-state index in [1.165, 1.54) is 18.8 Å². The lowest BCUT2D eigenvalue weighted by Crippen LogP contribution is -2.23. The number of nitrogens with one attached hydrogen (secondary N) is 1. The van der Waals surface area contributed by atoms with Crippen LogP contribution in [-0.2, 0) is 10.0 Å². The summed E-state index contributed by atoms with van der Waals surface area (Å²) >= 11 is 1.39. The Kier molecular flexibility index (Phi) is 6.22. The van der Waals surface area contributed by atoms with Gasteiger partial charge in [0.25, 0.3) is 5.56 Å². The van der Waals surface area contributed by atoms with Crippen LogP contribution in [-0.4, -0.2) is 36.5 Å². The summed E-state index contributed by atoms with van der Waals surface area (Å²) in [6, 6.07) is 13.2. The van der Waals surface area contributed by atoms with Gasteiger partial charge < -0.3 is 0 Å². The quantitative estimate of drug-likeness (QED) is 0.363. The van der Waals surface area contributed by atoms with Crippen LogP contribution in [0.2, 0.25) is 0 Å². The van der Waals surface area contributed by atoms with Crippen LogP contribution < -0.4 is 10.3 Å². The standard InChI is InChI=1S/C20H23N3O3S2/c1-14-11-15(2)13-16(12-14)23-19(24)17-7-4-5-8-18(17)22-20(23)27-9-6-10-28(25,26)21-3/h4-5,7-8,11-13,21H,6,9-10H2,1-3H3. The average Bonchev–Trinajstić information content (AvgIpc) is 2.64. The number of hydrogen-bond donors (Lipinski definition) is 1. The Bertz CT molecular complexity index is 1150. The monoisotopic (exact) mass is 417 g/mol. The first-order valence-electron chi connectivity index (χ1n) is 8.95. The topological polar surface area (TPSA) is 81.1 Å². The van der Waals surface area contributed by atoms with Gasteiger partial charge in [-0.3, -0.25) is 9.36 Å². The molecular formula is C20H23N3O3S2. The molecular weight excluding hydrogens is 394 g/mol. The highest BCUT2D eigenvalue weighted by molar-refractivity contribution is 7.99. The minimum absolute atomic E-state index is 0.0396. The highest BCUT2D eigenvalue weighted by Gasteiger charge is 2.14. The van der Waals surface area contributed by atoms with Crippen LogP contribution in [0.5, 0.6) is 0 Å². The van der Waals surface area contributed by atoms with Gasteiger partial charge in [0.2, 0.25) is 10.0 Å². The smallest absolute Gasteiger partial charge is 0.266 e. The van der Waals surface area contributed by atoms with Crippen molar-refractivity contribution in [2.24, 2.45) is 0 Å². The van der Waals surface area contributed by atoms with Crippen molar-refractivity contribution in [2.45, 2.75) is 25.4 Å². The largest absolute Gasteiger partial charge is 0.268 e. The lowest BCUT2D eigenvalue weighted by Gasteiger charge is -2.14. The molecule has 0 aliphatic heterocycles. The first-order chi connectivity index (χ1) is 13.3. The van der Waals surface area contributed by atoms with Gasteiger partial charge in [0.05, 0.1) is 22.3 Å². The SMILES string of the molecule is CNS(=O)(=O)CCCSc1nc2ccccc2c(=O)n1-c1cc(C)cc(C)c1. The average molecular weight is 418 g/mol. The number of rotatable bonds is 7. The van der Waals surface area contributed by atoms with Gasteiger partial charge >= 0.3 is 0 Å². The molecule has 0 fully saturated rings. The van der Waals surface area contributed by atoms with Crippen molar-refractivity contribution >= 4 is 32.7 Å². The molecule has 1 aromatic heterocycles. The summed E-state index contributed by atoms with van der Waals surface area (Å²) in [6.45, 7) is 3.98. The molecule has 0 atom stereocenters. The van der Waals surface area contributed by atoms with Gasteiger partial charge in [0.15, 0.2) is 5.16 Å². The molecule has 0 radical (unpaired) electrons. The fourth-order valence-corrected chi connectivity index (χ4v) is 4.89. The van der Waals surface area contributed by atoms with Crippen LogP contribution in [0.3, 0.4) is 0 Å². The number of aryl methyl sites for hydroxylation is 2. The van der Waals surface area contributed by atoms with Gasteiger partial charge in [-0.1, -0.05) is 30.0 Å². The Morgan fingerprint density at radius 2 is 1.79 bits per heavy atom. The van der Waals surface area contributed by atoms with Gasteiger partial charge in [-0.25, -0.2) is 18.1 Å². The first-order valence-corrected chi connectivity index (χ1v) is 11.6. The van der Waals surface area contributed by atoms with Crippen LogP contribution in [0.25, 0.3) is 16.6 Å². The van der Waals surface area contributed by atoms with E-state index in [9.17, 15) is 13.2 Å². The molecule has 1 N–H and O–H groups in total. The minimum atomic E-state index is -3.24. The van der Waals surface area contributed by atoms with E-state index in [4.69, 9.17) is 0 Å². The van der Waals surface area contributed by atoms with E-state index >= 15 is 0 Å². The van der Waals surface area contributed by atoms with Crippen LogP contribution in [0, 0.1) is 13.8 Å². The van der Waals surface area contributed by atoms with Crippen LogP contribution in [0.15, 0.2) is 52.4 Å². The van der Waals surface area contributed by atoms with E-state index in [1.54, 1.807) is 10.6 Å². The molecule has 148 valence electrons. The molecule has 0 unspecified atom stereocenters. The van der Waals surface area contributed by atoms with Crippen molar-refractivity contribution in [3.63, 3.8) is 0 Å². The fourth-order valence-electron chi connectivity index (χ4n) is 3.03. The number of benzene rings is 2. The van der Waals surface area contributed by atoms with E-state index in [0.717, 1.165) is 16.8 Å². The summed E-state index contributed by atoms with van der Waals surface area (Å²) in [5.41, 5.74) is 3.41. The third-order valence-corrected chi connectivity index (χ3v) is 6.78. The molecule has 8 heteroatoms. The van der Waals surface area contributed by atoms with Crippen molar-refractivity contribution in [2.75, 3.05) is 18.6 Å². The van der Waals surface area contributed by atoms with Crippen molar-refractivity contribution in [1.82, 2.24) is 14.3 Å². The second-order valence-corrected chi connectivity index (χ2v) is 9.73. The maximum Gasteiger partial charge on any atom is 0.266 e. The van der Waals surface area contributed by atoms with Crippen molar-refractivity contribution in [3.8, 4) is 5.69 Å². The lowest BCUT2D eigenvalue weighted by molar-refractivity contribution is 0.587. The molecule has 0 amide bonds. The van der Waals surface area contributed by atoms with E-state index < -0.39 is 10.0 Å². The third kappa shape index (κ3) is 4.63. The molecule has 6 nitrogen and oxygen atoms in total. The highest BCUT2D eigenvalue weighted by atomic mass is 32.2. The second-order valence-electron chi connectivity index (χ2n) is 6.62. The van der Waals surface area contributed by atoms with E-state index in [0.29, 0.717) is 28.2 Å². The van der Waals surface area contributed by atoms with Gasteiger partial charge in [-0.15, -0.1) is 0 Å². The number of thioether (sulfide) groups is 1. The zero-order chi connectivity index (χ0) is 20.3. The summed E-state index contributed by atoms with van der Waals surface area (Å²) in [5, 5.41) is 1.12. The van der Waals surface area contributed by atoms with Gasteiger partial charge in [0.1, 0.15) is 0 Å². The molecule has 0 spiro atoms. The van der Waals surface area contributed by atoms with E-state index in [1.807, 2.05) is 44.2 Å². The molecule has 3 rings (SSSR count). The molecule has 0 bridgehead atoms. The number of nitrogens with zero attached hydrogens (tertiary/aromatic N) is 2. The second kappa shape index (κ2) is 8.46. The van der Waals surface area contributed by atoms with Gasteiger partial charge in [-0.05, 0) is 62.7 Å². The maximum atomic E-state index is 13.2. The highest BCUT2D eigenvalue weighted by Crippen LogP contribution is 2.23. The Balaban J connectivity index is 2.03. The zero-order valence-electron chi connectivity index (χ0n) is 16.1. The van der Waals surface area contributed by atoms with Crippen molar-refractivity contribution in [3.05, 3.63) is 63.9 Å².